The van der Waals surface area contributed by atoms with Crippen molar-refractivity contribution in [3.8, 4) is 0 Å². The first-order valence-corrected chi connectivity index (χ1v) is 6.95. The fourth-order valence-corrected chi connectivity index (χ4v) is 1.99. The molecule has 0 aromatic carbocycles. The molecule has 19 heavy (non-hydrogen) atoms. The van der Waals surface area contributed by atoms with Gasteiger partial charge in [-0.25, -0.2) is 4.79 Å². The van der Waals surface area contributed by atoms with Gasteiger partial charge in [0, 0.05) is 12.1 Å². The number of hydrogen-bond acceptors (Lipinski definition) is 4. The minimum atomic E-state index is -0.465. The van der Waals surface area contributed by atoms with E-state index in [0.29, 0.717) is 19.8 Å². The van der Waals surface area contributed by atoms with E-state index >= 15 is 0 Å². The van der Waals surface area contributed by atoms with Gasteiger partial charge in [-0.1, -0.05) is 0 Å². The van der Waals surface area contributed by atoms with E-state index < -0.39 is 5.60 Å². The van der Waals surface area contributed by atoms with Crippen molar-refractivity contribution in [3.63, 3.8) is 0 Å². The second-order valence-electron chi connectivity index (χ2n) is 6.93. The summed E-state index contributed by atoms with van der Waals surface area (Å²) in [5, 5.41) is 0. The highest BCUT2D eigenvalue weighted by Crippen LogP contribution is 2.19. The highest BCUT2D eigenvalue weighted by molar-refractivity contribution is 5.68. The van der Waals surface area contributed by atoms with Gasteiger partial charge in [0.2, 0.25) is 0 Å². The molecule has 0 bridgehead atoms. The zero-order valence-corrected chi connectivity index (χ0v) is 12.9. The highest BCUT2D eigenvalue weighted by atomic mass is 16.6. The average molecular weight is 272 g/mol. The van der Waals surface area contributed by atoms with Crippen molar-refractivity contribution < 1.29 is 14.3 Å². The first kappa shape index (κ1) is 16.2. The Bertz CT molecular complexity index is 305. The molecule has 1 unspecified atom stereocenters. The van der Waals surface area contributed by atoms with E-state index in [9.17, 15) is 4.79 Å². The molecule has 1 fully saturated rings. The predicted octanol–water partition coefficient (Wildman–Crippen LogP) is 2.14. The van der Waals surface area contributed by atoms with Gasteiger partial charge < -0.3 is 20.1 Å². The van der Waals surface area contributed by atoms with Crippen molar-refractivity contribution in [1.82, 2.24) is 4.90 Å². The summed E-state index contributed by atoms with van der Waals surface area (Å²) in [5.74, 6) is 0. The summed E-state index contributed by atoms with van der Waals surface area (Å²) in [6.07, 6.45) is 1.43. The van der Waals surface area contributed by atoms with Gasteiger partial charge in [0.05, 0.1) is 19.3 Å². The van der Waals surface area contributed by atoms with E-state index in [1.807, 2.05) is 34.6 Å². The van der Waals surface area contributed by atoms with Crippen LogP contribution < -0.4 is 5.73 Å². The maximum atomic E-state index is 12.2. The smallest absolute Gasteiger partial charge is 0.410 e. The number of rotatable bonds is 3. The summed E-state index contributed by atoms with van der Waals surface area (Å²) in [4.78, 5) is 13.9. The Morgan fingerprint density at radius 3 is 2.53 bits per heavy atom. The van der Waals surface area contributed by atoms with Crippen molar-refractivity contribution >= 4 is 6.09 Å². The average Bonchev–Trinajstić information content (AvgIpc) is 2.23. The molecule has 1 saturated heterocycles. The van der Waals surface area contributed by atoms with Crippen LogP contribution in [0.1, 0.15) is 47.5 Å². The van der Waals surface area contributed by atoms with Crippen LogP contribution in [-0.2, 0) is 9.47 Å². The van der Waals surface area contributed by atoms with Crippen molar-refractivity contribution in [2.75, 3.05) is 19.8 Å². The van der Waals surface area contributed by atoms with Gasteiger partial charge in [0.1, 0.15) is 5.60 Å². The van der Waals surface area contributed by atoms with Crippen LogP contribution >= 0.6 is 0 Å². The largest absolute Gasteiger partial charge is 0.444 e. The van der Waals surface area contributed by atoms with Gasteiger partial charge in [0.15, 0.2) is 0 Å². The summed E-state index contributed by atoms with van der Waals surface area (Å²) < 4.78 is 10.9. The second kappa shape index (κ2) is 6.09. The lowest BCUT2D eigenvalue weighted by Gasteiger charge is -2.37. The number of amides is 1. The van der Waals surface area contributed by atoms with E-state index in [1.165, 1.54) is 0 Å². The molecule has 5 heteroatoms. The lowest BCUT2D eigenvalue weighted by atomic mass is 9.96. The standard InChI is InChI=1S/C14H28N2O3/c1-13(2,3)19-12(17)16-8-9-18-10-11(16)6-7-14(4,5)15/h11H,6-10,15H2,1-5H3. The van der Waals surface area contributed by atoms with Crippen LogP contribution in [0, 0.1) is 0 Å². The van der Waals surface area contributed by atoms with Crippen LogP contribution in [0.15, 0.2) is 0 Å². The van der Waals surface area contributed by atoms with Crippen molar-refractivity contribution in [1.29, 1.82) is 0 Å². The van der Waals surface area contributed by atoms with E-state index in [2.05, 4.69) is 0 Å². The molecule has 5 nitrogen and oxygen atoms in total. The Kier molecular flexibility index (Phi) is 5.21. The highest BCUT2D eigenvalue weighted by Gasteiger charge is 2.31. The molecule has 0 saturated carbocycles. The van der Waals surface area contributed by atoms with Crippen LogP contribution in [0.4, 0.5) is 4.79 Å². The van der Waals surface area contributed by atoms with Gasteiger partial charge in [-0.2, -0.15) is 0 Å². The number of carbonyl (C=O) groups excluding carboxylic acids is 1. The van der Waals surface area contributed by atoms with Gasteiger partial charge >= 0.3 is 6.09 Å². The molecule has 1 aliphatic rings. The molecule has 1 heterocycles. The van der Waals surface area contributed by atoms with Crippen LogP contribution in [0.3, 0.4) is 0 Å². The lowest BCUT2D eigenvalue weighted by Crippen LogP contribution is -2.51. The van der Waals surface area contributed by atoms with E-state index in [1.54, 1.807) is 4.90 Å². The van der Waals surface area contributed by atoms with Crippen LogP contribution in [0.25, 0.3) is 0 Å². The zero-order valence-electron chi connectivity index (χ0n) is 12.9. The number of nitrogens with zero attached hydrogens (tertiary/aromatic N) is 1. The maximum Gasteiger partial charge on any atom is 0.410 e. The van der Waals surface area contributed by atoms with Crippen LogP contribution in [0.5, 0.6) is 0 Å². The summed E-state index contributed by atoms with van der Waals surface area (Å²) in [6, 6.07) is 0.0615. The number of ether oxygens (including phenoxy) is 2. The van der Waals surface area contributed by atoms with Gasteiger partial charge in [-0.3, -0.25) is 0 Å². The predicted molar refractivity (Wildman–Crippen MR) is 75.0 cm³/mol. The number of carbonyl (C=O) groups is 1. The Hall–Kier alpha value is -0.810. The van der Waals surface area contributed by atoms with Crippen LogP contribution in [0.2, 0.25) is 0 Å². The summed E-state index contributed by atoms with van der Waals surface area (Å²) in [6.45, 7) is 11.3. The number of hydrogen-bond donors (Lipinski definition) is 1. The molecule has 0 aromatic rings. The lowest BCUT2D eigenvalue weighted by molar-refractivity contribution is -0.0352. The van der Waals surface area contributed by atoms with Gasteiger partial charge in [0.25, 0.3) is 0 Å². The number of morpholine rings is 1. The molecule has 0 spiro atoms. The first-order chi connectivity index (χ1) is 8.58. The summed E-state index contributed by atoms with van der Waals surface area (Å²) in [7, 11) is 0. The molecule has 1 aliphatic heterocycles. The van der Waals surface area contributed by atoms with Crippen LogP contribution in [-0.4, -0.2) is 47.9 Å². The topological polar surface area (TPSA) is 64.8 Å². The SMILES string of the molecule is CC(C)(N)CCC1COCCN1C(=O)OC(C)(C)C. The molecule has 1 amide bonds. The third kappa shape index (κ3) is 6.25. The van der Waals surface area contributed by atoms with Gasteiger partial charge in [-0.05, 0) is 47.5 Å². The fraction of sp³-hybridized carbons (Fsp3) is 0.929. The van der Waals surface area contributed by atoms with Crippen molar-refractivity contribution in [2.45, 2.75) is 64.6 Å². The Morgan fingerprint density at radius 1 is 1.37 bits per heavy atom. The van der Waals surface area contributed by atoms with Gasteiger partial charge in [-0.15, -0.1) is 0 Å². The van der Waals surface area contributed by atoms with Crippen molar-refractivity contribution in [3.05, 3.63) is 0 Å². The molecular formula is C14H28N2O3. The Balaban J connectivity index is 2.59. The summed E-state index contributed by atoms with van der Waals surface area (Å²) >= 11 is 0. The van der Waals surface area contributed by atoms with E-state index in [-0.39, 0.29) is 17.7 Å². The first-order valence-electron chi connectivity index (χ1n) is 6.95. The number of nitrogens with two attached hydrogens (primary N) is 1. The molecule has 112 valence electrons. The third-order valence-electron chi connectivity index (χ3n) is 2.98. The minimum absolute atomic E-state index is 0.0615. The Labute approximate surface area is 116 Å². The fourth-order valence-electron chi connectivity index (χ4n) is 1.99. The normalized spacial score (nSPS) is 21.4. The second-order valence-corrected chi connectivity index (χ2v) is 6.93. The molecule has 0 aliphatic carbocycles. The Morgan fingerprint density at radius 2 is 2.00 bits per heavy atom. The molecule has 0 aromatic heterocycles. The van der Waals surface area contributed by atoms with E-state index in [0.717, 1.165) is 12.8 Å². The molecular weight excluding hydrogens is 244 g/mol. The van der Waals surface area contributed by atoms with E-state index in [4.69, 9.17) is 15.2 Å². The summed E-state index contributed by atoms with van der Waals surface area (Å²) in [5.41, 5.74) is 5.31. The molecule has 1 atom stereocenters. The third-order valence-corrected chi connectivity index (χ3v) is 2.98. The molecule has 2 N–H and O–H groups in total. The molecule has 0 radical (unpaired) electrons. The zero-order chi connectivity index (χ0) is 14.7. The molecule has 1 rings (SSSR count). The monoisotopic (exact) mass is 272 g/mol. The quantitative estimate of drug-likeness (QED) is 0.855. The maximum absolute atomic E-state index is 12.2. The minimum Gasteiger partial charge on any atom is -0.444 e. The van der Waals surface area contributed by atoms with Crippen molar-refractivity contribution in [2.24, 2.45) is 5.73 Å².